The van der Waals surface area contributed by atoms with Crippen molar-refractivity contribution < 1.29 is 36.0 Å². The van der Waals surface area contributed by atoms with Gasteiger partial charge in [0.15, 0.2) is 0 Å². The number of alkyl halides is 3. The fraction of sp³-hybridized carbons (Fsp3) is 0.250. The van der Waals surface area contributed by atoms with Crippen LogP contribution < -0.4 is 4.90 Å². The molecule has 0 saturated carbocycles. The zero-order valence-corrected chi connectivity index (χ0v) is 14.7. The minimum atomic E-state index is -5.74. The van der Waals surface area contributed by atoms with Crippen molar-refractivity contribution in [2.45, 2.75) is 16.0 Å². The van der Waals surface area contributed by atoms with Crippen molar-refractivity contribution in [2.75, 3.05) is 18.0 Å². The van der Waals surface area contributed by atoms with Crippen LogP contribution in [0.1, 0.15) is 5.56 Å². The second kappa shape index (κ2) is 6.41. The van der Waals surface area contributed by atoms with Gasteiger partial charge in [-0.2, -0.15) is 13.2 Å². The van der Waals surface area contributed by atoms with E-state index >= 15 is 0 Å². The predicted octanol–water partition coefficient (Wildman–Crippen LogP) is 2.74. The topological polar surface area (TPSA) is 101 Å². The van der Waals surface area contributed by atoms with E-state index in [1.807, 2.05) is 0 Å². The first-order chi connectivity index (χ1) is 12.8. The molecular weight excluding hydrogens is 408 g/mol. The molecule has 0 radical (unpaired) electrons. The minimum Gasteiger partial charge on any atom is -0.381 e. The molecule has 1 aliphatic heterocycles. The molecule has 2 aromatic carbocycles. The lowest BCUT2D eigenvalue weighted by atomic mass is 9.85. The molecule has 1 fully saturated rings. The van der Waals surface area contributed by atoms with Crippen molar-refractivity contribution in [1.29, 1.82) is 0 Å². The molecular formula is C16H12F4N2O5S. The molecule has 1 saturated heterocycles. The second-order valence-corrected chi connectivity index (χ2v) is 8.19. The van der Waals surface area contributed by atoms with Gasteiger partial charge in [0, 0.05) is 6.07 Å². The van der Waals surface area contributed by atoms with Crippen molar-refractivity contribution in [3.8, 4) is 0 Å². The van der Waals surface area contributed by atoms with Gasteiger partial charge in [-0.1, -0.05) is 12.1 Å². The summed E-state index contributed by atoms with van der Waals surface area (Å²) in [6.45, 7) is -0.296. The molecule has 12 heteroatoms. The Hall–Kier alpha value is -2.73. The average Bonchev–Trinajstić information content (AvgIpc) is 2.58. The lowest BCUT2D eigenvalue weighted by Crippen LogP contribution is -2.59. The van der Waals surface area contributed by atoms with Gasteiger partial charge in [0.05, 0.1) is 22.9 Å². The maximum atomic E-state index is 13.0. The summed E-state index contributed by atoms with van der Waals surface area (Å²) in [7, 11) is -5.74. The lowest BCUT2D eigenvalue weighted by Gasteiger charge is -2.47. The highest BCUT2D eigenvalue weighted by Gasteiger charge is 2.48. The summed E-state index contributed by atoms with van der Waals surface area (Å²) in [4.78, 5) is 10.3. The number of β-amino-alcohol motifs (C(OH)–C–C–N with tert-alkyl or cyclic N) is 1. The molecule has 1 aliphatic rings. The van der Waals surface area contributed by atoms with Crippen molar-refractivity contribution in [3.05, 3.63) is 64.0 Å². The SMILES string of the molecule is O=[N+]([O-])c1cc(S(=O)(=O)C(F)(F)F)ccc1N1CC(O)(c2ccc(F)cc2)C1. The van der Waals surface area contributed by atoms with E-state index < -0.39 is 42.3 Å². The molecule has 0 aliphatic carbocycles. The molecule has 7 nitrogen and oxygen atoms in total. The van der Waals surface area contributed by atoms with Crippen LogP contribution in [-0.2, 0) is 15.4 Å². The zero-order valence-electron chi connectivity index (χ0n) is 13.9. The molecule has 150 valence electrons. The van der Waals surface area contributed by atoms with Gasteiger partial charge in [-0.05, 0) is 29.8 Å². The van der Waals surface area contributed by atoms with Crippen LogP contribution in [0.5, 0.6) is 0 Å². The molecule has 28 heavy (non-hydrogen) atoms. The first-order valence-corrected chi connectivity index (χ1v) is 9.17. The summed E-state index contributed by atoms with van der Waals surface area (Å²) in [5.41, 5.74) is -7.64. The van der Waals surface area contributed by atoms with Crippen LogP contribution >= 0.6 is 0 Å². The van der Waals surface area contributed by atoms with Gasteiger partial charge >= 0.3 is 5.51 Å². The van der Waals surface area contributed by atoms with Gasteiger partial charge in [-0.15, -0.1) is 0 Å². The highest BCUT2D eigenvalue weighted by atomic mass is 32.2. The molecule has 0 spiro atoms. The average molecular weight is 420 g/mol. The summed E-state index contributed by atoms with van der Waals surface area (Å²) >= 11 is 0. The Balaban J connectivity index is 1.92. The second-order valence-electron chi connectivity index (χ2n) is 6.25. The zero-order chi connectivity index (χ0) is 20.9. The molecule has 0 aromatic heterocycles. The fourth-order valence-electron chi connectivity index (χ4n) is 2.92. The molecule has 1 heterocycles. The Morgan fingerprint density at radius 3 is 2.18 bits per heavy atom. The van der Waals surface area contributed by atoms with E-state index in [9.17, 15) is 41.2 Å². The third-order valence-electron chi connectivity index (χ3n) is 4.39. The fourth-order valence-corrected chi connectivity index (χ4v) is 3.70. The monoisotopic (exact) mass is 420 g/mol. The number of nitro groups is 1. The number of halogens is 4. The molecule has 1 N–H and O–H groups in total. The third kappa shape index (κ3) is 3.29. The van der Waals surface area contributed by atoms with E-state index in [1.165, 1.54) is 17.0 Å². The molecule has 3 rings (SSSR count). The largest absolute Gasteiger partial charge is 0.501 e. The third-order valence-corrected chi connectivity index (χ3v) is 5.87. The summed E-state index contributed by atoms with van der Waals surface area (Å²) in [6, 6.07) is 6.82. The van der Waals surface area contributed by atoms with Crippen LogP contribution in [0.4, 0.5) is 28.9 Å². The van der Waals surface area contributed by atoms with Crippen molar-refractivity contribution in [1.82, 2.24) is 0 Å². The maximum Gasteiger partial charge on any atom is 0.501 e. The molecule has 0 atom stereocenters. The lowest BCUT2D eigenvalue weighted by molar-refractivity contribution is -0.384. The molecule has 0 bridgehead atoms. The first-order valence-electron chi connectivity index (χ1n) is 7.68. The smallest absolute Gasteiger partial charge is 0.381 e. The van der Waals surface area contributed by atoms with Crippen molar-refractivity contribution in [3.63, 3.8) is 0 Å². The van der Waals surface area contributed by atoms with Crippen molar-refractivity contribution in [2.24, 2.45) is 0 Å². The predicted molar refractivity (Wildman–Crippen MR) is 88.8 cm³/mol. The highest BCUT2D eigenvalue weighted by Crippen LogP contribution is 2.41. The highest BCUT2D eigenvalue weighted by molar-refractivity contribution is 7.92. The number of sulfone groups is 1. The summed E-state index contributed by atoms with van der Waals surface area (Å²) < 4.78 is 74.0. The maximum absolute atomic E-state index is 13.0. The van der Waals surface area contributed by atoms with Gasteiger partial charge in [-0.3, -0.25) is 10.1 Å². The van der Waals surface area contributed by atoms with E-state index in [4.69, 9.17) is 0 Å². The van der Waals surface area contributed by atoms with Crippen molar-refractivity contribution >= 4 is 21.2 Å². The van der Waals surface area contributed by atoms with Crippen LogP contribution in [0.2, 0.25) is 0 Å². The van der Waals surface area contributed by atoms with Gasteiger partial charge in [0.2, 0.25) is 0 Å². The van der Waals surface area contributed by atoms with E-state index in [0.717, 1.165) is 18.2 Å². The normalized spacial score (nSPS) is 16.5. The number of hydrogen-bond acceptors (Lipinski definition) is 6. The summed E-state index contributed by atoms with van der Waals surface area (Å²) in [6.07, 6.45) is 0. The number of nitrogens with zero attached hydrogens (tertiary/aromatic N) is 2. The standard InChI is InChI=1S/C16H12F4N2O5S/c17-11-3-1-10(2-4-11)15(23)8-21(9-15)13-6-5-12(7-14(13)22(24)25)28(26,27)16(18,19)20/h1-7,23H,8-9H2. The molecule has 2 aromatic rings. The van der Waals surface area contributed by atoms with Gasteiger partial charge in [0.1, 0.15) is 17.1 Å². The summed E-state index contributed by atoms with van der Waals surface area (Å²) in [5, 5.41) is 21.8. The molecule has 0 unspecified atom stereocenters. The number of aliphatic hydroxyl groups is 1. The van der Waals surface area contributed by atoms with Gasteiger partial charge < -0.3 is 10.0 Å². The van der Waals surface area contributed by atoms with E-state index in [2.05, 4.69) is 0 Å². The number of anilines is 1. The number of rotatable bonds is 4. The Morgan fingerprint density at radius 2 is 1.68 bits per heavy atom. The van der Waals surface area contributed by atoms with Crippen LogP contribution in [0.3, 0.4) is 0 Å². The van der Waals surface area contributed by atoms with E-state index in [-0.39, 0.29) is 18.8 Å². The van der Waals surface area contributed by atoms with Crippen LogP contribution in [-0.4, -0.2) is 37.0 Å². The Kier molecular flexibility index (Phi) is 4.58. The van der Waals surface area contributed by atoms with Crippen LogP contribution in [0, 0.1) is 15.9 Å². The Labute approximate surface area is 155 Å². The summed E-state index contributed by atoms with van der Waals surface area (Å²) in [5.74, 6) is -0.513. The Morgan fingerprint density at radius 1 is 1.11 bits per heavy atom. The molecule has 0 amide bonds. The van der Waals surface area contributed by atoms with Gasteiger partial charge in [-0.25, -0.2) is 12.8 Å². The first kappa shape index (κ1) is 20.0. The van der Waals surface area contributed by atoms with Crippen LogP contribution in [0.15, 0.2) is 47.4 Å². The number of nitro benzene ring substituents is 1. The van der Waals surface area contributed by atoms with E-state index in [0.29, 0.717) is 17.7 Å². The van der Waals surface area contributed by atoms with E-state index in [1.54, 1.807) is 0 Å². The number of hydrogen-bond donors (Lipinski definition) is 1. The Bertz CT molecular complexity index is 1030. The minimum absolute atomic E-state index is 0.141. The number of benzene rings is 2. The quantitative estimate of drug-likeness (QED) is 0.464. The van der Waals surface area contributed by atoms with Crippen LogP contribution in [0.25, 0.3) is 0 Å². The van der Waals surface area contributed by atoms with Gasteiger partial charge in [0.25, 0.3) is 15.5 Å².